The second kappa shape index (κ2) is 12.0. The fourth-order valence-corrected chi connectivity index (χ4v) is 6.77. The minimum absolute atomic E-state index is 0.0989. The highest BCUT2D eigenvalue weighted by molar-refractivity contribution is 7.99. The predicted octanol–water partition coefficient (Wildman–Crippen LogP) is 5.42. The lowest BCUT2D eigenvalue weighted by Crippen LogP contribution is -2.41. The summed E-state index contributed by atoms with van der Waals surface area (Å²) in [6.07, 6.45) is 7.47. The van der Waals surface area contributed by atoms with Gasteiger partial charge in [-0.3, -0.25) is 9.10 Å². The summed E-state index contributed by atoms with van der Waals surface area (Å²) in [7, 11) is -3.93. The fraction of sp³-hybridized carbons (Fsp3) is 0.458. The lowest BCUT2D eigenvalue weighted by molar-refractivity contribution is -0.119. The van der Waals surface area contributed by atoms with Crippen LogP contribution in [0, 0.1) is 6.92 Å². The van der Waals surface area contributed by atoms with Crippen LogP contribution in [0.1, 0.15) is 44.1 Å². The van der Waals surface area contributed by atoms with Gasteiger partial charge in [-0.05, 0) is 67.8 Å². The van der Waals surface area contributed by atoms with Crippen LogP contribution in [0.4, 0.5) is 5.69 Å². The molecule has 1 fully saturated rings. The van der Waals surface area contributed by atoms with Crippen molar-refractivity contribution >= 4 is 45.0 Å². The van der Waals surface area contributed by atoms with Gasteiger partial charge in [-0.25, -0.2) is 8.42 Å². The zero-order valence-corrected chi connectivity index (χ0v) is 20.8. The summed E-state index contributed by atoms with van der Waals surface area (Å²) in [6, 6.07) is 13.2. The van der Waals surface area contributed by atoms with Crippen LogP contribution in [0.15, 0.2) is 53.4 Å². The first-order valence-corrected chi connectivity index (χ1v) is 14.0. The predicted molar refractivity (Wildman–Crippen MR) is 134 cm³/mol. The van der Waals surface area contributed by atoms with E-state index in [1.54, 1.807) is 12.1 Å². The molecule has 32 heavy (non-hydrogen) atoms. The first kappa shape index (κ1) is 24.9. The number of amides is 1. The third-order valence-corrected chi connectivity index (χ3v) is 9.12. The molecule has 1 saturated carbocycles. The number of benzene rings is 2. The summed E-state index contributed by atoms with van der Waals surface area (Å²) in [4.78, 5) is 12.8. The molecule has 2 aromatic rings. The highest BCUT2D eigenvalue weighted by atomic mass is 35.5. The number of para-hydroxylation sites is 1. The molecule has 0 heterocycles. The number of nitrogens with one attached hydrogen (secondary N) is 1. The molecule has 1 aliphatic rings. The van der Waals surface area contributed by atoms with Gasteiger partial charge in [0.2, 0.25) is 5.91 Å². The number of hydrogen-bond donors (Lipinski definition) is 1. The van der Waals surface area contributed by atoms with Crippen molar-refractivity contribution in [3.05, 3.63) is 59.1 Å². The zero-order chi connectivity index (χ0) is 23.0. The normalized spacial score (nSPS) is 14.8. The van der Waals surface area contributed by atoms with Gasteiger partial charge in [0.15, 0.2) is 0 Å². The number of sulfonamides is 1. The van der Waals surface area contributed by atoms with E-state index < -0.39 is 10.0 Å². The first-order chi connectivity index (χ1) is 15.4. The molecule has 1 aliphatic carbocycles. The van der Waals surface area contributed by atoms with E-state index in [1.165, 1.54) is 60.7 Å². The van der Waals surface area contributed by atoms with E-state index >= 15 is 0 Å². The summed E-state index contributed by atoms with van der Waals surface area (Å²) in [5.74, 6) is 0.698. The molecule has 8 heteroatoms. The molecule has 0 aliphatic heterocycles. The molecule has 3 rings (SSSR count). The first-order valence-electron chi connectivity index (χ1n) is 11.1. The van der Waals surface area contributed by atoms with Crippen molar-refractivity contribution in [1.29, 1.82) is 0 Å². The number of halogens is 1. The van der Waals surface area contributed by atoms with E-state index in [0.717, 1.165) is 23.0 Å². The highest BCUT2D eigenvalue weighted by Crippen LogP contribution is 2.29. The van der Waals surface area contributed by atoms with Gasteiger partial charge in [-0.1, -0.05) is 49.1 Å². The molecular weight excluding hydrogens is 464 g/mol. The van der Waals surface area contributed by atoms with Gasteiger partial charge >= 0.3 is 0 Å². The lowest BCUT2D eigenvalue weighted by Gasteiger charge is -2.25. The Bertz CT molecular complexity index is 991. The van der Waals surface area contributed by atoms with Crippen molar-refractivity contribution in [3.8, 4) is 0 Å². The molecule has 0 saturated heterocycles. The SMILES string of the molecule is Cc1ccccc1N(CC(=O)NCCCSC1CCCCC1)S(=O)(=O)c1ccc(Cl)cc1. The van der Waals surface area contributed by atoms with Crippen molar-refractivity contribution in [2.45, 2.75) is 55.6 Å². The fourth-order valence-electron chi connectivity index (χ4n) is 3.84. The average molecular weight is 495 g/mol. The molecule has 1 N–H and O–H groups in total. The number of nitrogens with zero attached hydrogens (tertiary/aromatic N) is 1. The molecule has 174 valence electrons. The van der Waals surface area contributed by atoms with Gasteiger partial charge in [0.05, 0.1) is 10.6 Å². The van der Waals surface area contributed by atoms with Gasteiger partial charge in [0, 0.05) is 16.8 Å². The molecular formula is C24H31ClN2O3S2. The molecule has 0 bridgehead atoms. The third-order valence-electron chi connectivity index (χ3n) is 5.62. The van der Waals surface area contributed by atoms with Crippen molar-refractivity contribution in [1.82, 2.24) is 5.32 Å². The van der Waals surface area contributed by atoms with Crippen LogP contribution in [0.5, 0.6) is 0 Å². The molecule has 0 aromatic heterocycles. The van der Waals surface area contributed by atoms with Gasteiger partial charge in [0.1, 0.15) is 6.54 Å². The van der Waals surface area contributed by atoms with E-state index in [-0.39, 0.29) is 17.3 Å². The van der Waals surface area contributed by atoms with Crippen molar-refractivity contribution < 1.29 is 13.2 Å². The third kappa shape index (κ3) is 6.90. The summed E-state index contributed by atoms with van der Waals surface area (Å²) >= 11 is 7.92. The number of thioether (sulfide) groups is 1. The van der Waals surface area contributed by atoms with Gasteiger partial charge in [0.25, 0.3) is 10.0 Å². The molecule has 2 aromatic carbocycles. The minimum Gasteiger partial charge on any atom is -0.354 e. The van der Waals surface area contributed by atoms with Gasteiger partial charge in [-0.2, -0.15) is 11.8 Å². The maximum Gasteiger partial charge on any atom is 0.264 e. The Labute approximate surface area is 201 Å². The number of hydrogen-bond acceptors (Lipinski definition) is 4. The monoisotopic (exact) mass is 494 g/mol. The Morgan fingerprint density at radius 1 is 1.09 bits per heavy atom. The lowest BCUT2D eigenvalue weighted by atomic mass is 10.0. The van der Waals surface area contributed by atoms with E-state index in [9.17, 15) is 13.2 Å². The number of carbonyl (C=O) groups is 1. The number of rotatable bonds is 10. The number of carbonyl (C=O) groups excluding carboxylic acids is 1. The van der Waals surface area contributed by atoms with Crippen LogP contribution in [0.3, 0.4) is 0 Å². The maximum atomic E-state index is 13.4. The Balaban J connectivity index is 1.63. The Morgan fingerprint density at radius 2 is 1.78 bits per heavy atom. The highest BCUT2D eigenvalue weighted by Gasteiger charge is 2.28. The molecule has 0 atom stereocenters. The Hall–Kier alpha value is -1.70. The largest absolute Gasteiger partial charge is 0.354 e. The van der Waals surface area contributed by atoms with E-state index in [0.29, 0.717) is 17.3 Å². The average Bonchev–Trinajstić information content (AvgIpc) is 2.79. The molecule has 5 nitrogen and oxygen atoms in total. The van der Waals surface area contributed by atoms with E-state index in [4.69, 9.17) is 11.6 Å². The topological polar surface area (TPSA) is 66.5 Å². The Kier molecular flexibility index (Phi) is 9.32. The van der Waals surface area contributed by atoms with E-state index in [2.05, 4.69) is 5.32 Å². The summed E-state index contributed by atoms with van der Waals surface area (Å²) in [6.45, 7) is 2.10. The second-order valence-corrected chi connectivity index (χ2v) is 11.8. The van der Waals surface area contributed by atoms with Gasteiger partial charge < -0.3 is 5.32 Å². The van der Waals surface area contributed by atoms with Crippen molar-refractivity contribution in [2.24, 2.45) is 0 Å². The zero-order valence-electron chi connectivity index (χ0n) is 18.4. The molecule has 0 spiro atoms. The van der Waals surface area contributed by atoms with Crippen LogP contribution in [0.2, 0.25) is 5.02 Å². The summed E-state index contributed by atoms with van der Waals surface area (Å²) < 4.78 is 27.9. The Morgan fingerprint density at radius 3 is 2.47 bits per heavy atom. The standard InChI is InChI=1S/C24H31ClN2O3S2/c1-19-8-5-6-11-23(19)27(32(29,30)22-14-12-20(25)13-15-22)18-24(28)26-16-7-17-31-21-9-3-2-4-10-21/h5-6,8,11-15,21H,2-4,7,9-10,16-18H2,1H3,(H,26,28). The quantitative estimate of drug-likeness (QED) is 0.448. The van der Waals surface area contributed by atoms with Crippen LogP contribution in [-0.4, -0.2) is 38.4 Å². The van der Waals surface area contributed by atoms with Crippen molar-refractivity contribution in [2.75, 3.05) is 23.1 Å². The van der Waals surface area contributed by atoms with Gasteiger partial charge in [-0.15, -0.1) is 0 Å². The smallest absolute Gasteiger partial charge is 0.264 e. The maximum absolute atomic E-state index is 13.4. The van der Waals surface area contributed by atoms with Crippen LogP contribution in [0.25, 0.3) is 0 Å². The number of aryl methyl sites for hydroxylation is 1. The molecule has 0 radical (unpaired) electrons. The number of anilines is 1. The minimum atomic E-state index is -3.93. The van der Waals surface area contributed by atoms with Crippen LogP contribution in [-0.2, 0) is 14.8 Å². The van der Waals surface area contributed by atoms with Crippen molar-refractivity contribution in [3.63, 3.8) is 0 Å². The molecule has 0 unspecified atom stereocenters. The second-order valence-electron chi connectivity index (χ2n) is 8.09. The summed E-state index contributed by atoms with van der Waals surface area (Å²) in [5.41, 5.74) is 1.27. The molecule has 1 amide bonds. The summed E-state index contributed by atoms with van der Waals surface area (Å²) in [5, 5.41) is 4.10. The van der Waals surface area contributed by atoms with Crippen LogP contribution >= 0.6 is 23.4 Å². The van der Waals surface area contributed by atoms with Crippen LogP contribution < -0.4 is 9.62 Å². The van der Waals surface area contributed by atoms with E-state index in [1.807, 2.05) is 30.8 Å².